The van der Waals surface area contributed by atoms with Crippen molar-refractivity contribution >= 4 is 5.97 Å². The lowest BCUT2D eigenvalue weighted by Gasteiger charge is -2.19. The minimum Gasteiger partial charge on any atom is -0.488 e. The fraction of sp³-hybridized carbons (Fsp3) is 0.0769. The van der Waals surface area contributed by atoms with E-state index >= 15 is 0 Å². The van der Waals surface area contributed by atoms with Crippen LogP contribution in [0.15, 0.2) is 36.5 Å². The van der Waals surface area contributed by atoms with Crippen molar-refractivity contribution in [1.29, 1.82) is 0 Å². The van der Waals surface area contributed by atoms with E-state index in [2.05, 4.69) is 4.98 Å². The molecule has 3 rings (SSSR count). The van der Waals surface area contributed by atoms with Crippen LogP contribution < -0.4 is 4.74 Å². The number of benzene rings is 1. The molecule has 0 bridgehead atoms. The molecule has 0 radical (unpaired) electrons. The summed E-state index contributed by atoms with van der Waals surface area (Å²) < 4.78 is 5.55. The Hall–Kier alpha value is -2.36. The number of pyridine rings is 1. The summed E-state index contributed by atoms with van der Waals surface area (Å²) >= 11 is 0. The summed E-state index contributed by atoms with van der Waals surface area (Å²) in [6, 6.07) is 9.21. The highest BCUT2D eigenvalue weighted by Gasteiger charge is 2.19. The summed E-state index contributed by atoms with van der Waals surface area (Å²) in [6.45, 7) is 0.362. The topological polar surface area (TPSA) is 59.4 Å². The van der Waals surface area contributed by atoms with Crippen molar-refractivity contribution < 1.29 is 14.6 Å². The van der Waals surface area contributed by atoms with Crippen LogP contribution in [0.3, 0.4) is 0 Å². The summed E-state index contributed by atoms with van der Waals surface area (Å²) in [5, 5.41) is 8.90. The minimum atomic E-state index is -0.973. The third-order valence-electron chi connectivity index (χ3n) is 2.74. The Kier molecular flexibility index (Phi) is 2.08. The van der Waals surface area contributed by atoms with E-state index in [1.165, 1.54) is 6.20 Å². The van der Waals surface area contributed by atoms with Crippen LogP contribution in [0.1, 0.15) is 15.9 Å². The Morgan fingerprint density at radius 2 is 2.18 bits per heavy atom. The van der Waals surface area contributed by atoms with Crippen LogP contribution in [0.4, 0.5) is 0 Å². The van der Waals surface area contributed by atoms with E-state index < -0.39 is 5.97 Å². The highest BCUT2D eigenvalue weighted by atomic mass is 16.5. The Bertz CT molecular complexity index is 607. The Morgan fingerprint density at radius 3 is 3.00 bits per heavy atom. The van der Waals surface area contributed by atoms with Gasteiger partial charge in [-0.25, -0.2) is 4.79 Å². The number of carboxylic acid groups (broad SMARTS) is 1. The van der Waals surface area contributed by atoms with E-state index in [1.54, 1.807) is 6.07 Å². The zero-order valence-corrected chi connectivity index (χ0v) is 8.88. The normalized spacial score (nSPS) is 12.2. The maximum Gasteiger partial charge on any atom is 0.337 e. The van der Waals surface area contributed by atoms with Gasteiger partial charge < -0.3 is 9.84 Å². The molecule has 1 aromatic heterocycles. The molecule has 0 saturated heterocycles. The third kappa shape index (κ3) is 1.54. The number of carboxylic acids is 1. The van der Waals surface area contributed by atoms with E-state index in [4.69, 9.17) is 9.84 Å². The number of fused-ring (bicyclic) bond motifs is 3. The minimum absolute atomic E-state index is 0.187. The van der Waals surface area contributed by atoms with Gasteiger partial charge in [0.25, 0.3) is 0 Å². The Morgan fingerprint density at radius 1 is 1.35 bits per heavy atom. The first-order valence-corrected chi connectivity index (χ1v) is 5.20. The number of aromatic nitrogens is 1. The number of hydrogen-bond donors (Lipinski definition) is 1. The second-order valence-corrected chi connectivity index (χ2v) is 3.82. The number of carbonyl (C=O) groups is 1. The van der Waals surface area contributed by atoms with Gasteiger partial charge in [0.1, 0.15) is 12.4 Å². The fourth-order valence-corrected chi connectivity index (χ4v) is 1.92. The molecule has 4 nitrogen and oxygen atoms in total. The first-order chi connectivity index (χ1) is 8.25. The molecule has 1 aromatic carbocycles. The van der Waals surface area contributed by atoms with Gasteiger partial charge in [-0.1, -0.05) is 12.1 Å². The summed E-state index contributed by atoms with van der Waals surface area (Å²) in [5.41, 5.74) is 2.71. The van der Waals surface area contributed by atoms with Gasteiger partial charge in [0.15, 0.2) is 0 Å². The average Bonchev–Trinajstić information content (AvgIpc) is 2.38. The molecule has 4 heteroatoms. The molecule has 0 amide bonds. The molecular weight excluding hydrogens is 218 g/mol. The number of hydrogen-bond acceptors (Lipinski definition) is 3. The van der Waals surface area contributed by atoms with Crippen molar-refractivity contribution in [3.8, 4) is 17.0 Å². The van der Waals surface area contributed by atoms with Crippen LogP contribution in [-0.2, 0) is 6.61 Å². The summed E-state index contributed by atoms with van der Waals surface area (Å²) in [6.07, 6.45) is 1.38. The van der Waals surface area contributed by atoms with E-state index in [0.717, 1.165) is 22.6 Å². The van der Waals surface area contributed by atoms with E-state index in [0.29, 0.717) is 6.61 Å². The molecule has 1 aliphatic heterocycles. The van der Waals surface area contributed by atoms with Crippen molar-refractivity contribution in [2.24, 2.45) is 0 Å². The average molecular weight is 227 g/mol. The van der Waals surface area contributed by atoms with Crippen molar-refractivity contribution in [3.05, 3.63) is 47.7 Å². The molecule has 0 saturated carbocycles. The number of rotatable bonds is 1. The van der Waals surface area contributed by atoms with Crippen LogP contribution in [0.2, 0.25) is 0 Å². The standard InChI is InChI=1S/C13H9NO3/c15-13(16)8-5-9-7-17-11-4-2-1-3-10(11)12(9)14-6-8/h1-6H,7H2,(H,15,16). The monoisotopic (exact) mass is 227 g/mol. The molecule has 84 valence electrons. The zero-order chi connectivity index (χ0) is 11.8. The number of para-hydroxylation sites is 1. The van der Waals surface area contributed by atoms with Crippen molar-refractivity contribution in [1.82, 2.24) is 4.98 Å². The first kappa shape index (κ1) is 9.84. The van der Waals surface area contributed by atoms with Crippen LogP contribution in [0.5, 0.6) is 5.75 Å². The number of ether oxygens (including phenoxy) is 1. The largest absolute Gasteiger partial charge is 0.488 e. The lowest BCUT2D eigenvalue weighted by molar-refractivity contribution is 0.0696. The molecule has 0 unspecified atom stereocenters. The maximum absolute atomic E-state index is 10.9. The van der Waals surface area contributed by atoms with Gasteiger partial charge in [-0.3, -0.25) is 4.98 Å². The predicted octanol–water partition coefficient (Wildman–Crippen LogP) is 2.34. The summed E-state index contributed by atoms with van der Waals surface area (Å²) in [4.78, 5) is 15.1. The van der Waals surface area contributed by atoms with E-state index in [9.17, 15) is 4.79 Å². The summed E-state index contributed by atoms with van der Waals surface area (Å²) in [7, 11) is 0. The molecular formula is C13H9NO3. The van der Waals surface area contributed by atoms with Crippen molar-refractivity contribution in [2.75, 3.05) is 0 Å². The molecule has 17 heavy (non-hydrogen) atoms. The quantitative estimate of drug-likeness (QED) is 0.812. The van der Waals surface area contributed by atoms with Gasteiger partial charge in [-0.05, 0) is 18.2 Å². The van der Waals surface area contributed by atoms with Crippen molar-refractivity contribution in [3.63, 3.8) is 0 Å². The zero-order valence-electron chi connectivity index (χ0n) is 8.88. The lowest BCUT2D eigenvalue weighted by atomic mass is 10.0. The van der Waals surface area contributed by atoms with Gasteiger partial charge in [0, 0.05) is 17.3 Å². The maximum atomic E-state index is 10.9. The fourth-order valence-electron chi connectivity index (χ4n) is 1.92. The molecule has 2 heterocycles. The predicted molar refractivity (Wildman–Crippen MR) is 61.0 cm³/mol. The first-order valence-electron chi connectivity index (χ1n) is 5.20. The second-order valence-electron chi connectivity index (χ2n) is 3.82. The van der Waals surface area contributed by atoms with Crippen LogP contribution >= 0.6 is 0 Å². The van der Waals surface area contributed by atoms with Crippen molar-refractivity contribution in [2.45, 2.75) is 6.61 Å². The Balaban J connectivity index is 2.18. The van der Waals surface area contributed by atoms with E-state index in [1.807, 2.05) is 24.3 Å². The number of aromatic carboxylic acids is 1. The van der Waals surface area contributed by atoms with Crippen LogP contribution in [0, 0.1) is 0 Å². The molecule has 2 aromatic rings. The molecule has 1 N–H and O–H groups in total. The molecule has 0 atom stereocenters. The molecule has 1 aliphatic rings. The second kappa shape index (κ2) is 3.59. The lowest BCUT2D eigenvalue weighted by Crippen LogP contribution is -2.09. The number of nitrogens with zero attached hydrogens (tertiary/aromatic N) is 1. The van der Waals surface area contributed by atoms with Gasteiger partial charge in [0.2, 0.25) is 0 Å². The third-order valence-corrected chi connectivity index (χ3v) is 2.74. The van der Waals surface area contributed by atoms with Gasteiger partial charge in [0.05, 0.1) is 11.3 Å². The van der Waals surface area contributed by atoms with Gasteiger partial charge in [-0.15, -0.1) is 0 Å². The molecule has 0 spiro atoms. The van der Waals surface area contributed by atoms with E-state index in [-0.39, 0.29) is 5.56 Å². The van der Waals surface area contributed by atoms with Gasteiger partial charge in [-0.2, -0.15) is 0 Å². The molecule has 0 fully saturated rings. The van der Waals surface area contributed by atoms with Crippen LogP contribution in [-0.4, -0.2) is 16.1 Å². The van der Waals surface area contributed by atoms with Crippen LogP contribution in [0.25, 0.3) is 11.3 Å². The smallest absolute Gasteiger partial charge is 0.337 e. The summed E-state index contributed by atoms with van der Waals surface area (Å²) in [5.74, 6) is -0.185. The molecule has 0 aliphatic carbocycles. The highest BCUT2D eigenvalue weighted by Crippen LogP contribution is 2.35. The SMILES string of the molecule is O=C(O)c1cnc2c(c1)COc1ccccc1-2. The highest BCUT2D eigenvalue weighted by molar-refractivity contribution is 5.88. The van der Waals surface area contributed by atoms with Gasteiger partial charge >= 0.3 is 5.97 Å². The Labute approximate surface area is 97.5 Å².